The molecule has 1 rings (SSSR count). The van der Waals surface area contributed by atoms with E-state index in [0.717, 1.165) is 24.2 Å². The molecule has 0 bridgehead atoms. The van der Waals surface area contributed by atoms with Gasteiger partial charge in [0.1, 0.15) is 6.54 Å². The van der Waals surface area contributed by atoms with Gasteiger partial charge >= 0.3 is 6.18 Å². The molecule has 0 heterocycles. The lowest BCUT2D eigenvalue weighted by atomic mass is 9.94. The van der Waals surface area contributed by atoms with E-state index in [-0.39, 0.29) is 6.04 Å². The molecule has 0 aromatic carbocycles. The SMILES string of the molecule is O=CN(CC(F)(F)F)C1CCCCC1. The lowest BCUT2D eigenvalue weighted by Gasteiger charge is -2.31. The minimum absolute atomic E-state index is 0.206. The van der Waals surface area contributed by atoms with Crippen LogP contribution in [0.1, 0.15) is 32.1 Å². The van der Waals surface area contributed by atoms with Crippen LogP contribution in [0.4, 0.5) is 13.2 Å². The van der Waals surface area contributed by atoms with Gasteiger partial charge in [-0.25, -0.2) is 0 Å². The Morgan fingerprint density at radius 3 is 2.21 bits per heavy atom. The van der Waals surface area contributed by atoms with Gasteiger partial charge in [-0.1, -0.05) is 19.3 Å². The highest BCUT2D eigenvalue weighted by atomic mass is 19.4. The molecule has 0 atom stereocenters. The molecule has 14 heavy (non-hydrogen) atoms. The van der Waals surface area contributed by atoms with Crippen molar-refractivity contribution in [1.29, 1.82) is 0 Å². The second-order valence-corrected chi connectivity index (χ2v) is 3.68. The van der Waals surface area contributed by atoms with Gasteiger partial charge in [0.05, 0.1) is 0 Å². The van der Waals surface area contributed by atoms with Crippen LogP contribution in [0.3, 0.4) is 0 Å². The fraction of sp³-hybridized carbons (Fsp3) is 0.889. The number of nitrogens with zero attached hydrogens (tertiary/aromatic N) is 1. The van der Waals surface area contributed by atoms with E-state index in [0.29, 0.717) is 19.3 Å². The molecule has 1 aliphatic rings. The van der Waals surface area contributed by atoms with Crippen LogP contribution in [0.25, 0.3) is 0 Å². The highest BCUT2D eigenvalue weighted by Gasteiger charge is 2.33. The highest BCUT2D eigenvalue weighted by Crippen LogP contribution is 2.24. The number of amides is 1. The van der Waals surface area contributed by atoms with Crippen LogP contribution in [-0.4, -0.2) is 30.1 Å². The van der Waals surface area contributed by atoms with E-state index in [9.17, 15) is 18.0 Å². The van der Waals surface area contributed by atoms with Crippen LogP contribution in [-0.2, 0) is 4.79 Å². The minimum atomic E-state index is -4.28. The van der Waals surface area contributed by atoms with Crippen molar-refractivity contribution in [3.8, 4) is 0 Å². The summed E-state index contributed by atoms with van der Waals surface area (Å²) < 4.78 is 36.1. The minimum Gasteiger partial charge on any atom is -0.333 e. The van der Waals surface area contributed by atoms with Gasteiger partial charge in [0.2, 0.25) is 6.41 Å². The molecule has 1 amide bonds. The van der Waals surface area contributed by atoms with E-state index in [4.69, 9.17) is 0 Å². The maximum atomic E-state index is 12.0. The van der Waals surface area contributed by atoms with E-state index < -0.39 is 12.7 Å². The summed E-state index contributed by atoms with van der Waals surface area (Å²) in [7, 11) is 0. The lowest BCUT2D eigenvalue weighted by Crippen LogP contribution is -2.41. The zero-order valence-electron chi connectivity index (χ0n) is 7.89. The highest BCUT2D eigenvalue weighted by molar-refractivity contribution is 5.47. The summed E-state index contributed by atoms with van der Waals surface area (Å²) in [5, 5.41) is 0. The molecule has 0 radical (unpaired) electrons. The zero-order chi connectivity index (χ0) is 10.6. The van der Waals surface area contributed by atoms with Gasteiger partial charge in [0.25, 0.3) is 0 Å². The van der Waals surface area contributed by atoms with Crippen LogP contribution < -0.4 is 0 Å². The molecule has 0 saturated heterocycles. The van der Waals surface area contributed by atoms with Crippen LogP contribution in [0.15, 0.2) is 0 Å². The molecule has 5 heteroatoms. The molecule has 0 aliphatic heterocycles. The summed E-state index contributed by atoms with van der Waals surface area (Å²) in [5.41, 5.74) is 0. The molecule has 0 spiro atoms. The second-order valence-electron chi connectivity index (χ2n) is 3.68. The number of hydrogen-bond acceptors (Lipinski definition) is 1. The van der Waals surface area contributed by atoms with Gasteiger partial charge < -0.3 is 4.90 Å². The van der Waals surface area contributed by atoms with Crippen molar-refractivity contribution in [2.75, 3.05) is 6.54 Å². The normalized spacial score (nSPS) is 19.4. The predicted octanol–water partition coefficient (Wildman–Crippen LogP) is 2.34. The van der Waals surface area contributed by atoms with Crippen LogP contribution >= 0.6 is 0 Å². The Morgan fingerprint density at radius 1 is 1.21 bits per heavy atom. The summed E-state index contributed by atoms with van der Waals surface area (Å²) in [6.45, 7) is -1.11. The molecular formula is C9H14F3NO. The van der Waals surface area contributed by atoms with E-state index >= 15 is 0 Å². The largest absolute Gasteiger partial charge is 0.406 e. The third kappa shape index (κ3) is 3.55. The number of rotatable bonds is 3. The molecule has 0 N–H and O–H groups in total. The number of carbonyl (C=O) groups excluding carboxylic acids is 1. The molecule has 1 saturated carbocycles. The predicted molar refractivity (Wildman–Crippen MR) is 45.7 cm³/mol. The van der Waals surface area contributed by atoms with E-state index in [2.05, 4.69) is 0 Å². The van der Waals surface area contributed by atoms with Crippen LogP contribution in [0.5, 0.6) is 0 Å². The van der Waals surface area contributed by atoms with Gasteiger partial charge in [-0.15, -0.1) is 0 Å². The third-order valence-electron chi connectivity index (χ3n) is 2.54. The van der Waals surface area contributed by atoms with Gasteiger partial charge in [0, 0.05) is 6.04 Å². The monoisotopic (exact) mass is 209 g/mol. The molecular weight excluding hydrogens is 195 g/mol. The van der Waals surface area contributed by atoms with Crippen molar-refractivity contribution in [3.05, 3.63) is 0 Å². The Balaban J connectivity index is 2.47. The Kier molecular flexibility index (Phi) is 3.77. The van der Waals surface area contributed by atoms with Crippen molar-refractivity contribution in [3.63, 3.8) is 0 Å². The molecule has 1 aliphatic carbocycles. The molecule has 0 aromatic rings. The van der Waals surface area contributed by atoms with Crippen molar-refractivity contribution in [2.24, 2.45) is 0 Å². The smallest absolute Gasteiger partial charge is 0.333 e. The van der Waals surface area contributed by atoms with Crippen LogP contribution in [0, 0.1) is 0 Å². The summed E-state index contributed by atoms with van der Waals surface area (Å²) in [4.78, 5) is 11.4. The zero-order valence-corrected chi connectivity index (χ0v) is 7.89. The molecule has 2 nitrogen and oxygen atoms in total. The standard InChI is InChI=1S/C9H14F3NO/c10-9(11,12)6-13(7-14)8-4-2-1-3-5-8/h7-8H,1-6H2. The topological polar surface area (TPSA) is 20.3 Å². The average Bonchev–Trinajstić information content (AvgIpc) is 2.14. The van der Waals surface area contributed by atoms with E-state index in [1.807, 2.05) is 0 Å². The first-order valence-electron chi connectivity index (χ1n) is 4.81. The maximum absolute atomic E-state index is 12.0. The van der Waals surface area contributed by atoms with E-state index in [1.54, 1.807) is 0 Å². The van der Waals surface area contributed by atoms with Gasteiger partial charge in [0.15, 0.2) is 0 Å². The van der Waals surface area contributed by atoms with Gasteiger partial charge in [-0.2, -0.15) is 13.2 Å². The number of halogens is 3. The summed E-state index contributed by atoms with van der Waals surface area (Å²) in [5.74, 6) is 0. The summed E-state index contributed by atoms with van der Waals surface area (Å²) >= 11 is 0. The first kappa shape index (κ1) is 11.3. The van der Waals surface area contributed by atoms with Crippen molar-refractivity contribution >= 4 is 6.41 Å². The Hall–Kier alpha value is -0.740. The lowest BCUT2D eigenvalue weighted by molar-refractivity contribution is -0.159. The van der Waals surface area contributed by atoms with Crippen molar-refractivity contribution < 1.29 is 18.0 Å². The van der Waals surface area contributed by atoms with Gasteiger partial charge in [-0.05, 0) is 12.8 Å². The quantitative estimate of drug-likeness (QED) is 0.653. The molecule has 0 unspecified atom stereocenters. The summed E-state index contributed by atoms with van der Waals surface area (Å²) in [6, 6.07) is -0.206. The first-order valence-corrected chi connectivity index (χ1v) is 4.81. The van der Waals surface area contributed by atoms with Crippen molar-refractivity contribution in [1.82, 2.24) is 4.90 Å². The summed E-state index contributed by atoms with van der Waals surface area (Å²) in [6.07, 6.45) is 0.362. The fourth-order valence-electron chi connectivity index (χ4n) is 1.87. The number of carbonyl (C=O) groups is 1. The Morgan fingerprint density at radius 2 is 1.79 bits per heavy atom. The Bertz CT molecular complexity index is 187. The fourth-order valence-corrected chi connectivity index (χ4v) is 1.87. The van der Waals surface area contributed by atoms with Gasteiger partial charge in [-0.3, -0.25) is 4.79 Å². The molecule has 1 fully saturated rings. The maximum Gasteiger partial charge on any atom is 0.406 e. The van der Waals surface area contributed by atoms with Crippen LogP contribution in [0.2, 0.25) is 0 Å². The first-order chi connectivity index (χ1) is 6.53. The molecule has 0 aromatic heterocycles. The van der Waals surface area contributed by atoms with E-state index in [1.165, 1.54) is 0 Å². The second kappa shape index (κ2) is 4.66. The number of hydrogen-bond donors (Lipinski definition) is 0. The molecule has 82 valence electrons. The number of alkyl halides is 3. The Labute approximate surface area is 81.1 Å². The average molecular weight is 209 g/mol. The third-order valence-corrected chi connectivity index (χ3v) is 2.54. The van der Waals surface area contributed by atoms with Crippen molar-refractivity contribution in [2.45, 2.75) is 44.3 Å².